The lowest BCUT2D eigenvalue weighted by Gasteiger charge is -2.17. The van der Waals surface area contributed by atoms with Crippen LogP contribution in [0.4, 0.5) is 4.39 Å². The van der Waals surface area contributed by atoms with Gasteiger partial charge < -0.3 is 15.0 Å². The number of ether oxygens (including phenoxy) is 1. The molecule has 0 unspecified atom stereocenters. The number of carbonyl (C=O) groups is 2. The van der Waals surface area contributed by atoms with Crippen molar-refractivity contribution >= 4 is 11.8 Å². The summed E-state index contributed by atoms with van der Waals surface area (Å²) in [7, 11) is 1.52. The molecular weight excluding hydrogens is 335 g/mol. The Morgan fingerprint density at radius 3 is 2.69 bits per heavy atom. The van der Waals surface area contributed by atoms with Crippen LogP contribution in [0.2, 0.25) is 0 Å². The van der Waals surface area contributed by atoms with Gasteiger partial charge in [0.05, 0.1) is 12.7 Å². The van der Waals surface area contributed by atoms with Crippen LogP contribution in [0.25, 0.3) is 0 Å². The molecule has 136 valence electrons. The molecule has 2 aromatic carbocycles. The highest BCUT2D eigenvalue weighted by molar-refractivity contribution is 5.96. The smallest absolute Gasteiger partial charge is 0.255 e. The van der Waals surface area contributed by atoms with Crippen molar-refractivity contribution in [2.45, 2.75) is 13.0 Å². The van der Waals surface area contributed by atoms with Gasteiger partial charge in [-0.3, -0.25) is 9.59 Å². The second-order valence-corrected chi connectivity index (χ2v) is 6.38. The summed E-state index contributed by atoms with van der Waals surface area (Å²) in [5.41, 5.74) is 1.36. The normalized spacial score (nSPS) is 16.6. The number of benzene rings is 2. The van der Waals surface area contributed by atoms with Crippen molar-refractivity contribution in [3.63, 3.8) is 0 Å². The first-order valence-corrected chi connectivity index (χ1v) is 8.50. The molecule has 0 saturated carbocycles. The highest BCUT2D eigenvalue weighted by Crippen LogP contribution is 2.21. The Morgan fingerprint density at radius 1 is 1.23 bits per heavy atom. The number of methoxy groups -OCH3 is 1. The maximum absolute atomic E-state index is 13.0. The van der Waals surface area contributed by atoms with E-state index in [9.17, 15) is 14.0 Å². The highest BCUT2D eigenvalue weighted by Gasteiger charge is 2.29. The van der Waals surface area contributed by atoms with Gasteiger partial charge in [-0.15, -0.1) is 0 Å². The molecule has 2 aromatic rings. The molecule has 6 heteroatoms. The number of carbonyl (C=O) groups excluding carboxylic acids is 2. The number of hydrogen-bond donors (Lipinski definition) is 1. The van der Waals surface area contributed by atoms with Crippen LogP contribution < -0.4 is 10.1 Å². The number of likely N-dealkylation sites (tertiary alicyclic amines) is 1. The van der Waals surface area contributed by atoms with Crippen LogP contribution in [0.1, 0.15) is 22.3 Å². The number of nitrogens with one attached hydrogen (secondary N) is 1. The minimum Gasteiger partial charge on any atom is -0.496 e. The molecule has 1 N–H and O–H groups in total. The average molecular weight is 356 g/mol. The van der Waals surface area contributed by atoms with Crippen LogP contribution in [-0.2, 0) is 11.3 Å². The van der Waals surface area contributed by atoms with E-state index in [0.717, 1.165) is 5.56 Å². The molecule has 1 aliphatic heterocycles. The van der Waals surface area contributed by atoms with Gasteiger partial charge in [0.15, 0.2) is 0 Å². The number of nitrogens with zero attached hydrogens (tertiary/aromatic N) is 1. The number of amides is 2. The average Bonchev–Trinajstić information content (AvgIpc) is 3.01. The molecule has 0 bridgehead atoms. The SMILES string of the molecule is COc1ccccc1C(=O)NC[C@H]1CC(=O)N(Cc2ccc(F)cc2)C1. The Kier molecular flexibility index (Phi) is 5.51. The summed E-state index contributed by atoms with van der Waals surface area (Å²) in [6, 6.07) is 13.2. The third-order valence-corrected chi connectivity index (χ3v) is 4.48. The second-order valence-electron chi connectivity index (χ2n) is 6.38. The fourth-order valence-electron chi connectivity index (χ4n) is 3.12. The lowest BCUT2D eigenvalue weighted by molar-refractivity contribution is -0.128. The Balaban J connectivity index is 1.54. The number of hydrogen-bond acceptors (Lipinski definition) is 3. The Morgan fingerprint density at radius 2 is 1.96 bits per heavy atom. The maximum Gasteiger partial charge on any atom is 0.255 e. The van der Waals surface area contributed by atoms with Crippen molar-refractivity contribution in [3.8, 4) is 5.75 Å². The summed E-state index contributed by atoms with van der Waals surface area (Å²) in [6.07, 6.45) is 0.396. The summed E-state index contributed by atoms with van der Waals surface area (Å²) < 4.78 is 18.2. The second kappa shape index (κ2) is 7.99. The number of rotatable bonds is 6. The molecule has 2 amide bonds. The third-order valence-electron chi connectivity index (χ3n) is 4.48. The summed E-state index contributed by atoms with van der Waals surface area (Å²) >= 11 is 0. The lowest BCUT2D eigenvalue weighted by Crippen LogP contribution is -2.31. The molecule has 26 heavy (non-hydrogen) atoms. The van der Waals surface area contributed by atoms with E-state index < -0.39 is 0 Å². The fraction of sp³-hybridized carbons (Fsp3) is 0.300. The molecule has 3 rings (SSSR count). The van der Waals surface area contributed by atoms with Gasteiger partial charge in [0, 0.05) is 32.0 Å². The lowest BCUT2D eigenvalue weighted by atomic mass is 10.1. The molecule has 1 saturated heterocycles. The first kappa shape index (κ1) is 17.9. The van der Waals surface area contributed by atoms with E-state index in [0.29, 0.717) is 37.4 Å². The standard InChI is InChI=1S/C20H21FN2O3/c1-26-18-5-3-2-4-17(18)20(25)22-11-15-10-19(24)23(13-15)12-14-6-8-16(21)9-7-14/h2-9,15H,10-13H2,1H3,(H,22,25)/t15-/m1/s1. The first-order valence-electron chi connectivity index (χ1n) is 8.50. The minimum atomic E-state index is -0.293. The van der Waals surface area contributed by atoms with Crippen LogP contribution in [-0.4, -0.2) is 36.9 Å². The molecule has 1 aliphatic rings. The van der Waals surface area contributed by atoms with Crippen LogP contribution in [0, 0.1) is 11.7 Å². The zero-order valence-corrected chi connectivity index (χ0v) is 14.6. The molecule has 1 heterocycles. The van der Waals surface area contributed by atoms with Crippen molar-refractivity contribution in [3.05, 3.63) is 65.5 Å². The van der Waals surface area contributed by atoms with Gasteiger partial charge >= 0.3 is 0 Å². The molecule has 0 aromatic heterocycles. The highest BCUT2D eigenvalue weighted by atomic mass is 19.1. The Bertz CT molecular complexity index is 792. The van der Waals surface area contributed by atoms with E-state index in [-0.39, 0.29) is 23.5 Å². The first-order chi connectivity index (χ1) is 12.6. The van der Waals surface area contributed by atoms with Crippen LogP contribution in [0.3, 0.4) is 0 Å². The maximum atomic E-state index is 13.0. The third kappa shape index (κ3) is 4.20. The van der Waals surface area contributed by atoms with Gasteiger partial charge in [0.2, 0.25) is 5.91 Å². The molecule has 1 fully saturated rings. The van der Waals surface area contributed by atoms with E-state index in [1.54, 1.807) is 41.3 Å². The zero-order chi connectivity index (χ0) is 18.5. The topological polar surface area (TPSA) is 58.6 Å². The van der Waals surface area contributed by atoms with Gasteiger partial charge in [-0.2, -0.15) is 0 Å². The van der Waals surface area contributed by atoms with E-state index >= 15 is 0 Å². The van der Waals surface area contributed by atoms with Crippen molar-refractivity contribution in [2.24, 2.45) is 5.92 Å². The van der Waals surface area contributed by atoms with Gasteiger partial charge in [-0.25, -0.2) is 4.39 Å². The molecular formula is C20H21FN2O3. The molecule has 0 radical (unpaired) electrons. The van der Waals surface area contributed by atoms with Crippen molar-refractivity contribution in [1.29, 1.82) is 0 Å². The van der Waals surface area contributed by atoms with Gasteiger partial charge in [-0.1, -0.05) is 24.3 Å². The van der Waals surface area contributed by atoms with Crippen molar-refractivity contribution < 1.29 is 18.7 Å². The van der Waals surface area contributed by atoms with Crippen molar-refractivity contribution in [2.75, 3.05) is 20.2 Å². The number of para-hydroxylation sites is 1. The molecule has 1 atom stereocenters. The predicted molar refractivity (Wildman–Crippen MR) is 95.3 cm³/mol. The van der Waals surface area contributed by atoms with E-state index in [2.05, 4.69) is 5.32 Å². The summed E-state index contributed by atoms with van der Waals surface area (Å²) in [5.74, 6) is 0.114. The van der Waals surface area contributed by atoms with Crippen LogP contribution >= 0.6 is 0 Å². The van der Waals surface area contributed by atoms with Gasteiger partial charge in [-0.05, 0) is 29.8 Å². The summed E-state index contributed by atoms with van der Waals surface area (Å²) in [5, 5.41) is 2.88. The summed E-state index contributed by atoms with van der Waals surface area (Å²) in [6.45, 7) is 1.45. The largest absolute Gasteiger partial charge is 0.496 e. The Labute approximate surface area is 151 Å². The summed E-state index contributed by atoms with van der Waals surface area (Å²) in [4.78, 5) is 26.3. The fourth-order valence-corrected chi connectivity index (χ4v) is 3.12. The van der Waals surface area contributed by atoms with E-state index in [1.807, 2.05) is 0 Å². The van der Waals surface area contributed by atoms with Gasteiger partial charge in [0.25, 0.3) is 5.91 Å². The predicted octanol–water partition coefficient (Wildman–Crippen LogP) is 2.61. The van der Waals surface area contributed by atoms with Crippen LogP contribution in [0.15, 0.2) is 48.5 Å². The quantitative estimate of drug-likeness (QED) is 0.866. The Hall–Kier alpha value is -2.89. The zero-order valence-electron chi connectivity index (χ0n) is 14.6. The molecule has 0 aliphatic carbocycles. The monoisotopic (exact) mass is 356 g/mol. The van der Waals surface area contributed by atoms with Crippen molar-refractivity contribution in [1.82, 2.24) is 10.2 Å². The van der Waals surface area contributed by atoms with E-state index in [1.165, 1.54) is 19.2 Å². The molecule has 0 spiro atoms. The minimum absolute atomic E-state index is 0.0471. The molecule has 5 nitrogen and oxygen atoms in total. The number of halogens is 1. The van der Waals surface area contributed by atoms with Crippen LogP contribution in [0.5, 0.6) is 5.75 Å². The van der Waals surface area contributed by atoms with Gasteiger partial charge in [0.1, 0.15) is 11.6 Å². The van der Waals surface area contributed by atoms with E-state index in [4.69, 9.17) is 4.74 Å².